The Morgan fingerprint density at radius 1 is 1.33 bits per heavy atom. The molecular weight excluding hydrogens is 322 g/mol. The van der Waals surface area contributed by atoms with Gasteiger partial charge in [0.25, 0.3) is 0 Å². The molecule has 1 heterocycles. The van der Waals surface area contributed by atoms with Gasteiger partial charge in [-0.25, -0.2) is 4.98 Å². The molecule has 126 valence electrons. The van der Waals surface area contributed by atoms with Gasteiger partial charge in [-0.1, -0.05) is 37.3 Å². The third-order valence-electron chi connectivity index (χ3n) is 3.62. The van der Waals surface area contributed by atoms with Gasteiger partial charge >= 0.3 is 0 Å². The summed E-state index contributed by atoms with van der Waals surface area (Å²) in [7, 11) is 0. The smallest absolute Gasteiger partial charge is 0.247 e. The molecule has 0 spiro atoms. The number of hydrogen-bond donors (Lipinski definition) is 1. The van der Waals surface area contributed by atoms with E-state index in [0.717, 1.165) is 12.0 Å². The Balaban J connectivity index is 2.02. The number of carbonyl (C=O) groups is 2. The molecule has 2 aromatic rings. The standard InChI is InChI=1S/C18H21N3O2S/c1-3-14(2)21(13-16(22)20-18-19-11-12-24-18)17(23)10-9-15-7-5-4-6-8-15/h4-12,14H,3,13H2,1-2H3,(H,19,20,22)/b10-9+. The van der Waals surface area contributed by atoms with Crippen LogP contribution in [0.1, 0.15) is 25.8 Å². The van der Waals surface area contributed by atoms with Crippen LogP contribution < -0.4 is 5.32 Å². The van der Waals surface area contributed by atoms with Crippen LogP contribution in [0.3, 0.4) is 0 Å². The van der Waals surface area contributed by atoms with Crippen molar-refractivity contribution in [3.05, 3.63) is 53.5 Å². The van der Waals surface area contributed by atoms with Gasteiger partial charge in [-0.2, -0.15) is 0 Å². The average Bonchev–Trinajstić information content (AvgIpc) is 3.10. The molecule has 1 N–H and O–H groups in total. The molecular formula is C18H21N3O2S. The van der Waals surface area contributed by atoms with Crippen LogP contribution in [0.15, 0.2) is 48.0 Å². The maximum atomic E-state index is 12.5. The van der Waals surface area contributed by atoms with Gasteiger partial charge in [0.2, 0.25) is 11.8 Å². The molecule has 0 radical (unpaired) electrons. The van der Waals surface area contributed by atoms with Crippen molar-refractivity contribution in [2.24, 2.45) is 0 Å². The second kappa shape index (κ2) is 8.98. The molecule has 0 aliphatic rings. The summed E-state index contributed by atoms with van der Waals surface area (Å²) in [4.78, 5) is 30.2. The van der Waals surface area contributed by atoms with Crippen LogP contribution in [0.2, 0.25) is 0 Å². The predicted molar refractivity (Wildman–Crippen MR) is 97.7 cm³/mol. The van der Waals surface area contributed by atoms with Crippen LogP contribution in [-0.4, -0.2) is 34.3 Å². The second-order valence-corrected chi connectivity index (χ2v) is 6.25. The molecule has 24 heavy (non-hydrogen) atoms. The highest BCUT2D eigenvalue weighted by atomic mass is 32.1. The van der Waals surface area contributed by atoms with Crippen molar-refractivity contribution >= 4 is 34.4 Å². The zero-order valence-electron chi connectivity index (χ0n) is 13.8. The van der Waals surface area contributed by atoms with Crippen molar-refractivity contribution in [3.63, 3.8) is 0 Å². The van der Waals surface area contributed by atoms with Gasteiger partial charge in [-0.3, -0.25) is 9.59 Å². The quantitative estimate of drug-likeness (QED) is 0.784. The first kappa shape index (κ1) is 17.9. The van der Waals surface area contributed by atoms with Crippen LogP contribution in [0.25, 0.3) is 6.08 Å². The van der Waals surface area contributed by atoms with E-state index >= 15 is 0 Å². The summed E-state index contributed by atoms with van der Waals surface area (Å²) in [6.07, 6.45) is 5.67. The Hall–Kier alpha value is -2.47. The molecule has 1 aromatic heterocycles. The van der Waals surface area contributed by atoms with E-state index in [1.165, 1.54) is 17.4 Å². The first-order chi connectivity index (χ1) is 11.6. The minimum Gasteiger partial charge on any atom is -0.327 e. The summed E-state index contributed by atoms with van der Waals surface area (Å²) >= 11 is 1.35. The van der Waals surface area contributed by atoms with E-state index in [2.05, 4.69) is 10.3 Å². The Kier molecular flexibility index (Phi) is 6.69. The SMILES string of the molecule is CCC(C)N(CC(=O)Nc1nccs1)C(=O)/C=C/c1ccccc1. The number of aromatic nitrogens is 1. The lowest BCUT2D eigenvalue weighted by molar-refractivity contribution is -0.132. The molecule has 1 atom stereocenters. The molecule has 0 aliphatic heterocycles. The predicted octanol–water partition coefficient (Wildman–Crippen LogP) is 3.42. The Morgan fingerprint density at radius 3 is 2.71 bits per heavy atom. The molecule has 0 fully saturated rings. The lowest BCUT2D eigenvalue weighted by Crippen LogP contribution is -2.42. The molecule has 2 rings (SSSR count). The fourth-order valence-electron chi connectivity index (χ4n) is 2.10. The monoisotopic (exact) mass is 343 g/mol. The van der Waals surface area contributed by atoms with Gasteiger partial charge in [0, 0.05) is 23.7 Å². The maximum Gasteiger partial charge on any atom is 0.247 e. The summed E-state index contributed by atoms with van der Waals surface area (Å²) in [5, 5.41) is 5.04. The highest BCUT2D eigenvalue weighted by Crippen LogP contribution is 2.12. The van der Waals surface area contributed by atoms with Crippen molar-refractivity contribution in [1.29, 1.82) is 0 Å². The number of anilines is 1. The topological polar surface area (TPSA) is 62.3 Å². The first-order valence-corrected chi connectivity index (χ1v) is 8.71. The van der Waals surface area contributed by atoms with E-state index in [1.807, 2.05) is 44.2 Å². The zero-order valence-corrected chi connectivity index (χ0v) is 14.6. The van der Waals surface area contributed by atoms with Crippen molar-refractivity contribution < 1.29 is 9.59 Å². The molecule has 1 unspecified atom stereocenters. The average molecular weight is 343 g/mol. The molecule has 2 amide bonds. The molecule has 6 heteroatoms. The Morgan fingerprint density at radius 2 is 2.08 bits per heavy atom. The number of rotatable bonds is 7. The summed E-state index contributed by atoms with van der Waals surface area (Å²) in [5.41, 5.74) is 0.946. The summed E-state index contributed by atoms with van der Waals surface area (Å²) < 4.78 is 0. The van der Waals surface area contributed by atoms with Crippen molar-refractivity contribution in [1.82, 2.24) is 9.88 Å². The highest BCUT2D eigenvalue weighted by Gasteiger charge is 2.20. The third kappa shape index (κ3) is 5.31. The van der Waals surface area contributed by atoms with Crippen LogP contribution in [0, 0.1) is 0 Å². The Bertz CT molecular complexity index is 684. The van der Waals surface area contributed by atoms with E-state index in [9.17, 15) is 9.59 Å². The van der Waals surface area contributed by atoms with Crippen LogP contribution in [0.4, 0.5) is 5.13 Å². The Labute approximate surface area is 146 Å². The van der Waals surface area contributed by atoms with Gasteiger partial charge in [0.1, 0.15) is 6.54 Å². The van der Waals surface area contributed by atoms with Gasteiger partial charge < -0.3 is 10.2 Å². The zero-order chi connectivity index (χ0) is 17.4. The fraction of sp³-hybridized carbons (Fsp3) is 0.278. The summed E-state index contributed by atoms with van der Waals surface area (Å²) in [5.74, 6) is -0.422. The minimum atomic E-state index is -0.244. The molecule has 0 bridgehead atoms. The summed E-state index contributed by atoms with van der Waals surface area (Å²) in [6, 6.07) is 9.57. The van der Waals surface area contributed by atoms with Crippen LogP contribution >= 0.6 is 11.3 Å². The van der Waals surface area contributed by atoms with Crippen LogP contribution in [-0.2, 0) is 9.59 Å². The maximum absolute atomic E-state index is 12.5. The van der Waals surface area contributed by atoms with E-state index < -0.39 is 0 Å². The van der Waals surface area contributed by atoms with Gasteiger partial charge in [0.05, 0.1) is 0 Å². The number of carbonyl (C=O) groups excluding carboxylic acids is 2. The fourth-order valence-corrected chi connectivity index (χ4v) is 2.64. The summed E-state index contributed by atoms with van der Waals surface area (Å²) in [6.45, 7) is 3.93. The number of hydrogen-bond acceptors (Lipinski definition) is 4. The molecule has 0 saturated carbocycles. The molecule has 0 aliphatic carbocycles. The van der Waals surface area contributed by atoms with Gasteiger partial charge in [0.15, 0.2) is 5.13 Å². The number of nitrogens with zero attached hydrogens (tertiary/aromatic N) is 2. The normalized spacial score (nSPS) is 12.1. The number of nitrogens with one attached hydrogen (secondary N) is 1. The molecule has 5 nitrogen and oxygen atoms in total. The van der Waals surface area contributed by atoms with E-state index in [0.29, 0.717) is 5.13 Å². The van der Waals surface area contributed by atoms with Crippen molar-refractivity contribution in [2.45, 2.75) is 26.3 Å². The van der Waals surface area contributed by atoms with Crippen LogP contribution in [0.5, 0.6) is 0 Å². The van der Waals surface area contributed by atoms with Crippen molar-refractivity contribution in [2.75, 3.05) is 11.9 Å². The number of benzene rings is 1. The third-order valence-corrected chi connectivity index (χ3v) is 4.31. The number of amides is 2. The minimum absolute atomic E-state index is 0.00650. The number of thiazole rings is 1. The highest BCUT2D eigenvalue weighted by molar-refractivity contribution is 7.13. The lowest BCUT2D eigenvalue weighted by Gasteiger charge is -2.26. The second-order valence-electron chi connectivity index (χ2n) is 5.35. The van der Waals surface area contributed by atoms with E-state index in [1.54, 1.807) is 22.6 Å². The molecule has 0 saturated heterocycles. The van der Waals surface area contributed by atoms with Gasteiger partial charge in [-0.15, -0.1) is 11.3 Å². The van der Waals surface area contributed by atoms with Gasteiger partial charge in [-0.05, 0) is 25.0 Å². The van der Waals surface area contributed by atoms with E-state index in [4.69, 9.17) is 0 Å². The first-order valence-electron chi connectivity index (χ1n) is 7.83. The van der Waals surface area contributed by atoms with E-state index in [-0.39, 0.29) is 24.4 Å². The molecule has 1 aromatic carbocycles. The van der Waals surface area contributed by atoms with Crippen molar-refractivity contribution in [3.8, 4) is 0 Å². The largest absolute Gasteiger partial charge is 0.327 e. The lowest BCUT2D eigenvalue weighted by atomic mass is 10.2.